The molecule has 2 N–H and O–H groups in total. The van der Waals surface area contributed by atoms with Crippen molar-refractivity contribution in [2.45, 2.75) is 12.5 Å². The number of hydrogen-bond acceptors (Lipinski definition) is 3. The molecular weight excluding hydrogens is 294 g/mol. The summed E-state index contributed by atoms with van der Waals surface area (Å²) >= 11 is 5.16. The SMILES string of the molecule is COc1ccc([C@H]2CC(c3ccccc3)=NN2C(N)=S)cc1. The van der Waals surface area contributed by atoms with Crippen molar-refractivity contribution in [1.29, 1.82) is 0 Å². The number of ether oxygens (including phenoxy) is 1. The molecule has 5 heteroatoms. The summed E-state index contributed by atoms with van der Waals surface area (Å²) in [4.78, 5) is 0. The molecule has 1 heterocycles. The number of nitrogens with two attached hydrogens (primary N) is 1. The molecule has 0 radical (unpaired) electrons. The minimum atomic E-state index is 0.0265. The van der Waals surface area contributed by atoms with Gasteiger partial charge in [0.05, 0.1) is 18.9 Å². The van der Waals surface area contributed by atoms with Crippen LogP contribution in [0.15, 0.2) is 59.7 Å². The molecule has 1 aliphatic heterocycles. The predicted octanol–water partition coefficient (Wildman–Crippen LogP) is 3.09. The molecule has 0 fully saturated rings. The molecule has 1 aliphatic rings. The third kappa shape index (κ3) is 2.80. The van der Waals surface area contributed by atoms with Crippen molar-refractivity contribution in [3.05, 3.63) is 65.7 Å². The zero-order valence-electron chi connectivity index (χ0n) is 12.3. The Bertz CT molecular complexity index is 698. The molecule has 2 aromatic carbocycles. The van der Waals surface area contributed by atoms with Crippen LogP contribution in [0.1, 0.15) is 23.6 Å². The molecular formula is C17H17N3OS. The van der Waals surface area contributed by atoms with Crippen LogP contribution in [-0.2, 0) is 0 Å². The Kier molecular flexibility index (Phi) is 4.06. The maximum Gasteiger partial charge on any atom is 0.187 e. The first-order valence-corrected chi connectivity index (χ1v) is 7.45. The fraction of sp³-hybridized carbons (Fsp3) is 0.176. The molecule has 0 saturated carbocycles. The van der Waals surface area contributed by atoms with E-state index >= 15 is 0 Å². The van der Waals surface area contributed by atoms with Gasteiger partial charge in [-0.1, -0.05) is 42.5 Å². The van der Waals surface area contributed by atoms with Crippen molar-refractivity contribution in [2.24, 2.45) is 10.8 Å². The van der Waals surface area contributed by atoms with Crippen LogP contribution in [0.4, 0.5) is 0 Å². The first-order chi connectivity index (χ1) is 10.7. The summed E-state index contributed by atoms with van der Waals surface area (Å²) in [5, 5.41) is 6.62. The van der Waals surface area contributed by atoms with Gasteiger partial charge in [-0.25, -0.2) is 5.01 Å². The summed E-state index contributed by atoms with van der Waals surface area (Å²) < 4.78 is 5.20. The van der Waals surface area contributed by atoms with Crippen LogP contribution in [0.2, 0.25) is 0 Å². The zero-order chi connectivity index (χ0) is 15.5. The van der Waals surface area contributed by atoms with Gasteiger partial charge in [-0.05, 0) is 35.5 Å². The lowest BCUT2D eigenvalue weighted by Crippen LogP contribution is -2.31. The third-order valence-corrected chi connectivity index (χ3v) is 3.93. The lowest BCUT2D eigenvalue weighted by Gasteiger charge is -2.22. The smallest absolute Gasteiger partial charge is 0.187 e. The van der Waals surface area contributed by atoms with Gasteiger partial charge in [0, 0.05) is 6.42 Å². The average molecular weight is 311 g/mol. The van der Waals surface area contributed by atoms with Gasteiger partial charge in [-0.15, -0.1) is 0 Å². The van der Waals surface area contributed by atoms with E-state index in [1.807, 2.05) is 54.6 Å². The van der Waals surface area contributed by atoms with E-state index < -0.39 is 0 Å². The fourth-order valence-electron chi connectivity index (χ4n) is 2.60. The van der Waals surface area contributed by atoms with Gasteiger partial charge >= 0.3 is 0 Å². The van der Waals surface area contributed by atoms with E-state index in [0.717, 1.165) is 29.0 Å². The van der Waals surface area contributed by atoms with Crippen LogP contribution >= 0.6 is 12.2 Å². The van der Waals surface area contributed by atoms with Crippen LogP contribution in [0.5, 0.6) is 5.75 Å². The second-order valence-corrected chi connectivity index (χ2v) is 5.51. The van der Waals surface area contributed by atoms with Crippen LogP contribution < -0.4 is 10.5 Å². The molecule has 0 unspecified atom stereocenters. The number of thiocarbonyl (C=S) groups is 1. The van der Waals surface area contributed by atoms with Gasteiger partial charge in [-0.3, -0.25) is 0 Å². The molecule has 3 rings (SSSR count). The van der Waals surface area contributed by atoms with Crippen LogP contribution in [0.3, 0.4) is 0 Å². The quantitative estimate of drug-likeness (QED) is 0.885. The molecule has 1 atom stereocenters. The second kappa shape index (κ2) is 6.15. The van der Waals surface area contributed by atoms with Crippen molar-refractivity contribution < 1.29 is 4.74 Å². The number of nitrogens with zero attached hydrogens (tertiary/aromatic N) is 2. The highest BCUT2D eigenvalue weighted by Gasteiger charge is 2.30. The lowest BCUT2D eigenvalue weighted by atomic mass is 9.98. The Morgan fingerprint density at radius 1 is 1.18 bits per heavy atom. The Labute approximate surface area is 135 Å². The van der Waals surface area contributed by atoms with Gasteiger partial charge in [0.25, 0.3) is 0 Å². The molecule has 22 heavy (non-hydrogen) atoms. The zero-order valence-corrected chi connectivity index (χ0v) is 13.1. The lowest BCUT2D eigenvalue weighted by molar-refractivity contribution is 0.371. The van der Waals surface area contributed by atoms with Crippen LogP contribution in [0.25, 0.3) is 0 Å². The summed E-state index contributed by atoms with van der Waals surface area (Å²) in [5.41, 5.74) is 9.05. The first kappa shape index (κ1) is 14.5. The van der Waals surface area contributed by atoms with Gasteiger partial charge in [0.1, 0.15) is 5.75 Å². The van der Waals surface area contributed by atoms with Crippen LogP contribution in [-0.4, -0.2) is 22.9 Å². The molecule has 0 aromatic heterocycles. The van der Waals surface area contributed by atoms with E-state index in [4.69, 9.17) is 22.7 Å². The number of rotatable bonds is 3. The Hall–Kier alpha value is -2.40. The van der Waals surface area contributed by atoms with Gasteiger partial charge in [0.2, 0.25) is 0 Å². The van der Waals surface area contributed by atoms with E-state index in [1.54, 1.807) is 12.1 Å². The fourth-order valence-corrected chi connectivity index (χ4v) is 2.77. The van der Waals surface area contributed by atoms with Crippen molar-refractivity contribution in [3.63, 3.8) is 0 Å². The molecule has 0 spiro atoms. The molecule has 0 amide bonds. The largest absolute Gasteiger partial charge is 0.497 e. The minimum Gasteiger partial charge on any atom is -0.497 e. The molecule has 4 nitrogen and oxygen atoms in total. The summed E-state index contributed by atoms with van der Waals surface area (Å²) in [7, 11) is 1.66. The average Bonchev–Trinajstić information content (AvgIpc) is 3.01. The highest BCUT2D eigenvalue weighted by molar-refractivity contribution is 7.80. The second-order valence-electron chi connectivity index (χ2n) is 5.09. The molecule has 0 aliphatic carbocycles. The predicted molar refractivity (Wildman–Crippen MR) is 92.0 cm³/mol. The summed E-state index contributed by atoms with van der Waals surface area (Å²) in [6.07, 6.45) is 0.772. The summed E-state index contributed by atoms with van der Waals surface area (Å²) in [6.45, 7) is 0. The molecule has 112 valence electrons. The van der Waals surface area contributed by atoms with Crippen molar-refractivity contribution in [2.75, 3.05) is 7.11 Å². The highest BCUT2D eigenvalue weighted by atomic mass is 32.1. The number of hydrogen-bond donors (Lipinski definition) is 1. The van der Waals surface area contributed by atoms with E-state index in [9.17, 15) is 0 Å². The number of hydrazone groups is 1. The van der Waals surface area contributed by atoms with Gasteiger partial charge < -0.3 is 10.5 Å². The highest BCUT2D eigenvalue weighted by Crippen LogP contribution is 2.33. The van der Waals surface area contributed by atoms with E-state index in [1.165, 1.54) is 0 Å². The van der Waals surface area contributed by atoms with Gasteiger partial charge in [-0.2, -0.15) is 5.10 Å². The Morgan fingerprint density at radius 2 is 1.86 bits per heavy atom. The van der Waals surface area contributed by atoms with Crippen molar-refractivity contribution in [3.8, 4) is 5.75 Å². The topological polar surface area (TPSA) is 50.8 Å². The summed E-state index contributed by atoms with van der Waals surface area (Å²) in [6, 6.07) is 18.1. The maximum atomic E-state index is 5.85. The Morgan fingerprint density at radius 3 is 2.45 bits per heavy atom. The van der Waals surface area contributed by atoms with E-state index in [0.29, 0.717) is 0 Å². The van der Waals surface area contributed by atoms with Gasteiger partial charge in [0.15, 0.2) is 5.11 Å². The normalized spacial score (nSPS) is 17.2. The van der Waals surface area contributed by atoms with E-state index in [-0.39, 0.29) is 11.2 Å². The van der Waals surface area contributed by atoms with E-state index in [2.05, 4.69) is 5.10 Å². The van der Waals surface area contributed by atoms with Crippen LogP contribution in [0, 0.1) is 0 Å². The molecule has 0 bridgehead atoms. The molecule has 2 aromatic rings. The van der Waals surface area contributed by atoms with Crippen molar-refractivity contribution in [1.82, 2.24) is 5.01 Å². The van der Waals surface area contributed by atoms with Crippen molar-refractivity contribution >= 4 is 23.0 Å². The number of benzene rings is 2. The monoisotopic (exact) mass is 311 g/mol. The summed E-state index contributed by atoms with van der Waals surface area (Å²) in [5.74, 6) is 0.827. The maximum absolute atomic E-state index is 5.85. The molecule has 0 saturated heterocycles. The third-order valence-electron chi connectivity index (χ3n) is 3.74. The minimum absolute atomic E-state index is 0.0265. The number of methoxy groups -OCH3 is 1. The first-order valence-electron chi connectivity index (χ1n) is 7.04. The Balaban J connectivity index is 1.90. The standard InChI is InChI=1S/C17H17N3OS/c1-21-14-9-7-13(8-10-14)16-11-15(19-20(16)17(18)22)12-5-3-2-4-6-12/h2-10,16H,11H2,1H3,(H2,18,22)/t16-/m1/s1.